The highest BCUT2D eigenvalue weighted by Crippen LogP contribution is 2.08. The summed E-state index contributed by atoms with van der Waals surface area (Å²) in [4.78, 5) is 37.4. The first-order chi connectivity index (χ1) is 14.0. The Labute approximate surface area is 181 Å². The Morgan fingerprint density at radius 2 is 1.80 bits per heavy atom. The van der Waals surface area contributed by atoms with Crippen molar-refractivity contribution < 1.29 is 24.0 Å². The molecule has 0 aromatic carbocycles. The van der Waals surface area contributed by atoms with Crippen LogP contribution in [0.25, 0.3) is 0 Å². The number of hydrogen-bond acceptors (Lipinski definition) is 4. The van der Waals surface area contributed by atoms with E-state index < -0.39 is 5.97 Å². The zero-order chi connectivity index (χ0) is 23.2. The molecule has 0 aromatic rings. The number of likely N-dealkylation sites (N-methyl/N-ethyl adjacent to an activating group) is 1. The van der Waals surface area contributed by atoms with Crippen molar-refractivity contribution in [2.24, 2.45) is 5.73 Å². The number of nitrogens with one attached hydrogen (secondary N) is 1. The molecule has 0 atom stereocenters. The Balaban J connectivity index is 4.64. The quantitative estimate of drug-likeness (QED) is 0.198. The summed E-state index contributed by atoms with van der Waals surface area (Å²) in [5.74, 6) is -1.18. The van der Waals surface area contributed by atoms with Gasteiger partial charge in [0.15, 0.2) is 0 Å². The number of amides is 2. The minimum Gasteiger partial charge on any atom is -0.478 e. The van der Waals surface area contributed by atoms with Crippen molar-refractivity contribution in [1.29, 1.82) is 0 Å². The summed E-state index contributed by atoms with van der Waals surface area (Å²) in [6.45, 7) is 10.2. The number of quaternary nitrogens is 1. The molecule has 0 fully saturated rings. The van der Waals surface area contributed by atoms with Gasteiger partial charge in [-0.15, -0.1) is 0 Å². The van der Waals surface area contributed by atoms with Crippen LogP contribution in [0.15, 0.2) is 23.9 Å². The zero-order valence-corrected chi connectivity index (χ0v) is 19.2. The topological polar surface area (TPSA) is 113 Å². The fourth-order valence-corrected chi connectivity index (χ4v) is 3.12. The second-order valence-corrected chi connectivity index (χ2v) is 8.37. The molecular weight excluding hydrogens is 384 g/mol. The van der Waals surface area contributed by atoms with Gasteiger partial charge in [-0.3, -0.25) is 9.59 Å². The van der Waals surface area contributed by atoms with Crippen molar-refractivity contribution in [2.75, 3.05) is 46.8 Å². The monoisotopic (exact) mass is 425 g/mol. The summed E-state index contributed by atoms with van der Waals surface area (Å²) < 4.78 is 0.494. The summed E-state index contributed by atoms with van der Waals surface area (Å²) in [6, 6.07) is 0. The maximum absolute atomic E-state index is 12.8. The number of nitrogens with two attached hydrogens (primary N) is 1. The smallest absolute Gasteiger partial charge is 0.336 e. The fraction of sp³-hybridized carbons (Fsp3) is 0.682. The molecule has 8 heteroatoms. The lowest BCUT2D eigenvalue weighted by Crippen LogP contribution is -2.44. The molecule has 0 bridgehead atoms. The second-order valence-electron chi connectivity index (χ2n) is 8.37. The molecule has 0 saturated heterocycles. The number of unbranched alkanes of at least 4 members (excludes halogenated alkanes) is 2. The van der Waals surface area contributed by atoms with Crippen molar-refractivity contribution in [3.63, 3.8) is 0 Å². The number of aliphatic carboxylic acids is 1. The molecular formula is C22H41N4O4+. The lowest BCUT2D eigenvalue weighted by Gasteiger charge is -2.31. The molecule has 0 rings (SSSR count). The van der Waals surface area contributed by atoms with Crippen LogP contribution < -0.4 is 11.1 Å². The summed E-state index contributed by atoms with van der Waals surface area (Å²) in [5.41, 5.74) is 6.11. The van der Waals surface area contributed by atoms with Gasteiger partial charge in [0.25, 0.3) is 5.91 Å². The molecule has 8 nitrogen and oxygen atoms in total. The van der Waals surface area contributed by atoms with Gasteiger partial charge >= 0.3 is 5.97 Å². The molecule has 0 radical (unpaired) electrons. The van der Waals surface area contributed by atoms with E-state index in [1.807, 2.05) is 21.0 Å². The zero-order valence-electron chi connectivity index (χ0n) is 19.2. The van der Waals surface area contributed by atoms with E-state index in [1.165, 1.54) is 6.20 Å². The van der Waals surface area contributed by atoms with E-state index in [0.29, 0.717) is 42.7 Å². The molecule has 0 aromatic heterocycles. The SMILES string of the molecule is C=C(C[N+](C)(C)CCCN(CCC)C(=O)C(C)=CNC(=O)CCCCCN)C(=O)O. The third kappa shape index (κ3) is 12.4. The molecule has 0 aliphatic rings. The highest BCUT2D eigenvalue weighted by Gasteiger charge is 2.21. The first kappa shape index (κ1) is 27.8. The van der Waals surface area contributed by atoms with Gasteiger partial charge in [-0.2, -0.15) is 0 Å². The normalized spacial score (nSPS) is 11.8. The van der Waals surface area contributed by atoms with Gasteiger partial charge in [0.1, 0.15) is 6.54 Å². The molecule has 30 heavy (non-hydrogen) atoms. The third-order valence-corrected chi connectivity index (χ3v) is 4.79. The van der Waals surface area contributed by atoms with Crippen LogP contribution in [-0.4, -0.2) is 79.1 Å². The number of carbonyl (C=O) groups is 3. The minimum atomic E-state index is -0.980. The van der Waals surface area contributed by atoms with E-state index in [0.717, 1.165) is 38.6 Å². The molecule has 0 saturated carbocycles. The van der Waals surface area contributed by atoms with Crippen molar-refractivity contribution in [1.82, 2.24) is 10.2 Å². The van der Waals surface area contributed by atoms with Gasteiger partial charge in [0, 0.05) is 37.7 Å². The maximum Gasteiger partial charge on any atom is 0.336 e. The van der Waals surface area contributed by atoms with Crippen LogP contribution in [0.5, 0.6) is 0 Å². The highest BCUT2D eigenvalue weighted by atomic mass is 16.4. The minimum absolute atomic E-state index is 0.0967. The van der Waals surface area contributed by atoms with Crippen LogP contribution in [0, 0.1) is 0 Å². The van der Waals surface area contributed by atoms with Crippen LogP contribution >= 0.6 is 0 Å². The lowest BCUT2D eigenvalue weighted by atomic mass is 10.2. The molecule has 2 amide bonds. The van der Waals surface area contributed by atoms with Gasteiger partial charge in [-0.1, -0.05) is 19.9 Å². The molecule has 0 aliphatic carbocycles. The summed E-state index contributed by atoms with van der Waals surface area (Å²) >= 11 is 0. The second kappa shape index (κ2) is 14.7. The van der Waals surface area contributed by atoms with E-state index in [9.17, 15) is 14.4 Å². The average molecular weight is 426 g/mol. The van der Waals surface area contributed by atoms with E-state index in [-0.39, 0.29) is 17.4 Å². The number of hydrogen-bond donors (Lipinski definition) is 3. The first-order valence-electron chi connectivity index (χ1n) is 10.7. The molecule has 0 heterocycles. The summed E-state index contributed by atoms with van der Waals surface area (Å²) in [6.07, 6.45) is 6.11. The number of rotatable bonds is 16. The average Bonchev–Trinajstić information content (AvgIpc) is 2.67. The largest absolute Gasteiger partial charge is 0.478 e. The predicted molar refractivity (Wildman–Crippen MR) is 120 cm³/mol. The van der Waals surface area contributed by atoms with Gasteiger partial charge in [-0.25, -0.2) is 4.79 Å². The maximum atomic E-state index is 12.8. The Morgan fingerprint density at radius 1 is 1.13 bits per heavy atom. The van der Waals surface area contributed by atoms with E-state index in [4.69, 9.17) is 10.8 Å². The predicted octanol–water partition coefficient (Wildman–Crippen LogP) is 1.87. The Kier molecular flexibility index (Phi) is 13.7. The van der Waals surface area contributed by atoms with Crippen molar-refractivity contribution >= 4 is 17.8 Å². The molecule has 4 N–H and O–H groups in total. The van der Waals surface area contributed by atoms with Crippen molar-refractivity contribution in [3.05, 3.63) is 23.9 Å². The Hall–Kier alpha value is -2.19. The van der Waals surface area contributed by atoms with Crippen LogP contribution in [0.1, 0.15) is 52.4 Å². The first-order valence-corrected chi connectivity index (χ1v) is 10.7. The third-order valence-electron chi connectivity index (χ3n) is 4.79. The Morgan fingerprint density at radius 3 is 2.37 bits per heavy atom. The van der Waals surface area contributed by atoms with Gasteiger partial charge in [-0.05, 0) is 32.7 Å². The molecule has 0 spiro atoms. The molecule has 172 valence electrons. The van der Waals surface area contributed by atoms with Crippen LogP contribution in [0.4, 0.5) is 0 Å². The molecule has 0 aliphatic heterocycles. The Bertz CT molecular complexity index is 614. The number of carboxylic acids is 1. The number of carbonyl (C=O) groups excluding carboxylic acids is 2. The lowest BCUT2D eigenvalue weighted by molar-refractivity contribution is -0.885. The van der Waals surface area contributed by atoms with Crippen LogP contribution in [-0.2, 0) is 14.4 Å². The van der Waals surface area contributed by atoms with Crippen LogP contribution in [0.2, 0.25) is 0 Å². The summed E-state index contributed by atoms with van der Waals surface area (Å²) in [5, 5.41) is 11.7. The van der Waals surface area contributed by atoms with E-state index >= 15 is 0 Å². The number of carboxylic acid groups (broad SMARTS) is 1. The highest BCUT2D eigenvalue weighted by molar-refractivity contribution is 5.93. The fourth-order valence-electron chi connectivity index (χ4n) is 3.12. The van der Waals surface area contributed by atoms with Gasteiger partial charge in [0.05, 0.1) is 26.2 Å². The number of nitrogens with zero attached hydrogens (tertiary/aromatic N) is 2. The van der Waals surface area contributed by atoms with Crippen molar-refractivity contribution in [3.8, 4) is 0 Å². The van der Waals surface area contributed by atoms with Gasteiger partial charge in [0.2, 0.25) is 5.91 Å². The molecule has 0 unspecified atom stereocenters. The van der Waals surface area contributed by atoms with Gasteiger partial charge < -0.3 is 25.5 Å². The van der Waals surface area contributed by atoms with Crippen LogP contribution in [0.3, 0.4) is 0 Å². The standard InChI is InChI=1S/C22H40N4O4/c1-6-13-25(14-10-15-26(4,5)17-19(3)22(29)30)21(28)18(2)16-24-20(27)11-8-7-9-12-23/h16H,3,6-15,17,23H2,1-2,4-5H3,(H-,24,27,28,29,30)/p+1. The van der Waals surface area contributed by atoms with Crippen molar-refractivity contribution in [2.45, 2.75) is 52.4 Å². The van der Waals surface area contributed by atoms with E-state index in [1.54, 1.807) is 11.8 Å². The summed E-state index contributed by atoms with van der Waals surface area (Å²) in [7, 11) is 3.91. The van der Waals surface area contributed by atoms with E-state index in [2.05, 4.69) is 11.9 Å².